The highest BCUT2D eigenvalue weighted by atomic mass is 15.2. The number of aromatic nitrogens is 3. The number of anilines is 1. The largest absolute Gasteiger partial charge is 0.356 e. The van der Waals surface area contributed by atoms with Gasteiger partial charge in [0.15, 0.2) is 5.82 Å². The molecular formula is C18H22N4. The second kappa shape index (κ2) is 5.67. The zero-order valence-corrected chi connectivity index (χ0v) is 13.1. The van der Waals surface area contributed by atoms with Gasteiger partial charge >= 0.3 is 0 Å². The van der Waals surface area contributed by atoms with E-state index < -0.39 is 0 Å². The van der Waals surface area contributed by atoms with Gasteiger partial charge in [-0.1, -0.05) is 0 Å². The highest BCUT2D eigenvalue weighted by Crippen LogP contribution is 2.35. The van der Waals surface area contributed by atoms with E-state index in [1.54, 1.807) is 6.20 Å². The quantitative estimate of drug-likeness (QED) is 0.818. The molecule has 114 valence electrons. The molecule has 2 aliphatic rings. The third-order valence-corrected chi connectivity index (χ3v) is 4.44. The number of hydrogen-bond acceptors (Lipinski definition) is 4. The van der Waals surface area contributed by atoms with Crippen molar-refractivity contribution in [3.05, 3.63) is 36.3 Å². The maximum atomic E-state index is 4.84. The van der Waals surface area contributed by atoms with Gasteiger partial charge in [-0.25, -0.2) is 9.97 Å². The Morgan fingerprint density at radius 2 is 1.82 bits per heavy atom. The number of hydrogen-bond donors (Lipinski definition) is 0. The SMILES string of the molecule is Cc1cc(N(CC2CC2)CC2CC2)nc(-c2cccnc2)n1. The van der Waals surface area contributed by atoms with Gasteiger partial charge in [0.25, 0.3) is 0 Å². The summed E-state index contributed by atoms with van der Waals surface area (Å²) in [7, 11) is 0. The van der Waals surface area contributed by atoms with Crippen LogP contribution in [0.2, 0.25) is 0 Å². The molecule has 0 aromatic carbocycles. The van der Waals surface area contributed by atoms with E-state index in [0.29, 0.717) is 0 Å². The van der Waals surface area contributed by atoms with Crippen LogP contribution in [-0.4, -0.2) is 28.0 Å². The van der Waals surface area contributed by atoms with Crippen LogP contribution in [0.1, 0.15) is 31.4 Å². The minimum atomic E-state index is 0.791. The Bertz CT molecular complexity index is 633. The van der Waals surface area contributed by atoms with Crippen molar-refractivity contribution in [2.45, 2.75) is 32.6 Å². The molecule has 2 heterocycles. The molecule has 0 N–H and O–H groups in total. The van der Waals surface area contributed by atoms with E-state index in [9.17, 15) is 0 Å². The maximum Gasteiger partial charge on any atom is 0.163 e. The van der Waals surface area contributed by atoms with Crippen LogP contribution >= 0.6 is 0 Å². The maximum absolute atomic E-state index is 4.84. The lowest BCUT2D eigenvalue weighted by Gasteiger charge is -2.24. The minimum Gasteiger partial charge on any atom is -0.356 e. The molecule has 2 aromatic rings. The van der Waals surface area contributed by atoms with Crippen LogP contribution in [0, 0.1) is 18.8 Å². The molecule has 4 heteroatoms. The Balaban J connectivity index is 1.64. The lowest BCUT2D eigenvalue weighted by molar-refractivity contribution is 0.670. The van der Waals surface area contributed by atoms with Crippen molar-refractivity contribution < 1.29 is 0 Å². The van der Waals surface area contributed by atoms with E-state index in [0.717, 1.165) is 47.8 Å². The highest BCUT2D eigenvalue weighted by molar-refractivity contribution is 5.56. The lowest BCUT2D eigenvalue weighted by Crippen LogP contribution is -2.29. The van der Waals surface area contributed by atoms with Crippen molar-refractivity contribution in [2.75, 3.05) is 18.0 Å². The van der Waals surface area contributed by atoms with E-state index in [1.165, 1.54) is 25.7 Å². The number of rotatable bonds is 6. The van der Waals surface area contributed by atoms with Gasteiger partial charge in [0, 0.05) is 42.8 Å². The Morgan fingerprint density at radius 1 is 1.09 bits per heavy atom. The van der Waals surface area contributed by atoms with Crippen molar-refractivity contribution in [1.82, 2.24) is 15.0 Å². The molecule has 0 atom stereocenters. The molecule has 0 aliphatic heterocycles. The Kier molecular flexibility index (Phi) is 3.53. The zero-order valence-electron chi connectivity index (χ0n) is 13.1. The average Bonchev–Trinajstić information content (AvgIpc) is 3.43. The van der Waals surface area contributed by atoms with Gasteiger partial charge in [0.05, 0.1) is 0 Å². The van der Waals surface area contributed by atoms with Crippen molar-refractivity contribution in [3.63, 3.8) is 0 Å². The first-order valence-corrected chi connectivity index (χ1v) is 8.29. The van der Waals surface area contributed by atoms with Crippen molar-refractivity contribution in [3.8, 4) is 11.4 Å². The molecule has 0 spiro atoms. The Labute approximate surface area is 131 Å². The highest BCUT2D eigenvalue weighted by Gasteiger charge is 2.30. The Hall–Kier alpha value is -1.97. The van der Waals surface area contributed by atoms with Crippen LogP contribution in [0.25, 0.3) is 11.4 Å². The number of pyridine rings is 1. The van der Waals surface area contributed by atoms with Crippen LogP contribution in [0.4, 0.5) is 5.82 Å². The summed E-state index contributed by atoms with van der Waals surface area (Å²) in [5.74, 6) is 3.62. The van der Waals surface area contributed by atoms with E-state index >= 15 is 0 Å². The molecular weight excluding hydrogens is 272 g/mol. The van der Waals surface area contributed by atoms with Crippen molar-refractivity contribution in [1.29, 1.82) is 0 Å². The molecule has 0 unspecified atom stereocenters. The number of aryl methyl sites for hydroxylation is 1. The summed E-state index contributed by atoms with van der Waals surface area (Å²) < 4.78 is 0. The van der Waals surface area contributed by atoms with Crippen molar-refractivity contribution >= 4 is 5.82 Å². The van der Waals surface area contributed by atoms with E-state index in [1.807, 2.05) is 18.3 Å². The smallest absolute Gasteiger partial charge is 0.163 e. The molecule has 4 rings (SSSR count). The summed E-state index contributed by atoms with van der Waals surface area (Å²) in [5.41, 5.74) is 2.02. The first-order chi connectivity index (χ1) is 10.8. The second-order valence-corrected chi connectivity index (χ2v) is 6.72. The van der Waals surface area contributed by atoms with E-state index in [4.69, 9.17) is 4.98 Å². The van der Waals surface area contributed by atoms with E-state index in [-0.39, 0.29) is 0 Å². The first-order valence-electron chi connectivity index (χ1n) is 8.29. The van der Waals surface area contributed by atoms with Crippen LogP contribution < -0.4 is 4.90 Å². The fourth-order valence-electron chi connectivity index (χ4n) is 2.82. The van der Waals surface area contributed by atoms with Gasteiger partial charge in [-0.3, -0.25) is 4.98 Å². The molecule has 0 radical (unpaired) electrons. The summed E-state index contributed by atoms with van der Waals surface area (Å²) in [5, 5.41) is 0. The predicted octanol–water partition coefficient (Wildman–Crippen LogP) is 3.47. The molecule has 22 heavy (non-hydrogen) atoms. The van der Waals surface area contributed by atoms with Crippen LogP contribution in [0.5, 0.6) is 0 Å². The summed E-state index contributed by atoms with van der Waals surface area (Å²) in [6, 6.07) is 6.09. The van der Waals surface area contributed by atoms with E-state index in [2.05, 4.69) is 27.9 Å². The van der Waals surface area contributed by atoms with Crippen LogP contribution in [-0.2, 0) is 0 Å². The normalized spacial score (nSPS) is 17.5. The molecule has 2 saturated carbocycles. The molecule has 4 nitrogen and oxygen atoms in total. The van der Waals surface area contributed by atoms with Gasteiger partial charge in [-0.15, -0.1) is 0 Å². The number of nitrogens with zero attached hydrogens (tertiary/aromatic N) is 4. The molecule has 0 saturated heterocycles. The third-order valence-electron chi connectivity index (χ3n) is 4.44. The van der Waals surface area contributed by atoms with Crippen LogP contribution in [0.3, 0.4) is 0 Å². The zero-order chi connectivity index (χ0) is 14.9. The Morgan fingerprint density at radius 3 is 2.41 bits per heavy atom. The average molecular weight is 294 g/mol. The molecule has 0 bridgehead atoms. The third kappa shape index (κ3) is 3.26. The topological polar surface area (TPSA) is 41.9 Å². The summed E-state index contributed by atoms with van der Waals surface area (Å²) in [6.45, 7) is 4.36. The summed E-state index contributed by atoms with van der Waals surface area (Å²) in [6.07, 6.45) is 9.13. The standard InChI is InChI=1S/C18H22N4/c1-13-9-17(21-18(20-13)16-3-2-8-19-10-16)22(11-14-4-5-14)12-15-6-7-15/h2-3,8-10,14-15H,4-7,11-12H2,1H3. The molecule has 2 fully saturated rings. The summed E-state index contributed by atoms with van der Waals surface area (Å²) >= 11 is 0. The fourth-order valence-corrected chi connectivity index (χ4v) is 2.82. The monoisotopic (exact) mass is 294 g/mol. The second-order valence-electron chi connectivity index (χ2n) is 6.72. The lowest BCUT2D eigenvalue weighted by atomic mass is 10.2. The van der Waals surface area contributed by atoms with Gasteiger partial charge in [0.2, 0.25) is 0 Å². The van der Waals surface area contributed by atoms with Gasteiger partial charge in [0.1, 0.15) is 5.82 Å². The minimum absolute atomic E-state index is 0.791. The van der Waals surface area contributed by atoms with Gasteiger partial charge < -0.3 is 4.90 Å². The molecule has 0 amide bonds. The molecule has 2 aliphatic carbocycles. The van der Waals surface area contributed by atoms with Gasteiger partial charge in [-0.05, 0) is 56.6 Å². The summed E-state index contributed by atoms with van der Waals surface area (Å²) in [4.78, 5) is 16.1. The first kappa shape index (κ1) is 13.7. The molecule has 2 aromatic heterocycles. The predicted molar refractivity (Wildman–Crippen MR) is 87.7 cm³/mol. The van der Waals surface area contributed by atoms with Crippen LogP contribution in [0.15, 0.2) is 30.6 Å². The fraction of sp³-hybridized carbons (Fsp3) is 0.500. The van der Waals surface area contributed by atoms with Gasteiger partial charge in [-0.2, -0.15) is 0 Å². The van der Waals surface area contributed by atoms with Crippen molar-refractivity contribution in [2.24, 2.45) is 11.8 Å².